The average molecular weight is 449 g/mol. The first-order valence-electron chi connectivity index (χ1n) is 10.2. The largest absolute Gasteiger partial charge is 0.487 e. The number of primary amides is 1. The third-order valence-corrected chi connectivity index (χ3v) is 5.04. The number of carbonyl (C=O) groups excluding carboxylic acids is 2. The molecule has 1 saturated carbocycles. The molecule has 1 aliphatic heterocycles. The molecule has 1 saturated heterocycles. The number of nitrogens with one attached hydrogen (secondary N) is 1. The van der Waals surface area contributed by atoms with Crippen molar-refractivity contribution in [1.29, 1.82) is 0 Å². The van der Waals surface area contributed by atoms with E-state index in [1.807, 2.05) is 6.92 Å². The van der Waals surface area contributed by atoms with Gasteiger partial charge in [0.05, 0.1) is 11.7 Å². The Morgan fingerprint density at radius 1 is 1.31 bits per heavy atom. The van der Waals surface area contributed by atoms with E-state index in [0.717, 1.165) is 12.5 Å². The first kappa shape index (κ1) is 23.6. The van der Waals surface area contributed by atoms with Crippen molar-refractivity contribution in [3.8, 4) is 5.75 Å². The van der Waals surface area contributed by atoms with Gasteiger partial charge in [0.25, 0.3) is 11.8 Å². The van der Waals surface area contributed by atoms with E-state index in [0.29, 0.717) is 24.9 Å². The number of rotatable bonds is 6. The standard InChI is InChI=1S/C12H15N3O3.C10H10F2O2/c1-7-2-3-10(18-7)12(17)15-8-4-5-14-9(6-8)11(13)16;11-7-2-1-3-8(9(7)12)14-6-10(13)4-5-10/h4-7,10H,2-3H2,1H3,(H2,13,16)(H,14,15,17);1-3,13H,4-6H2. The highest BCUT2D eigenvalue weighted by atomic mass is 19.2. The minimum Gasteiger partial charge on any atom is -0.487 e. The molecule has 1 aromatic heterocycles. The molecule has 4 rings (SSSR count). The molecule has 0 bridgehead atoms. The third-order valence-electron chi connectivity index (χ3n) is 5.04. The van der Waals surface area contributed by atoms with Crippen LogP contribution in [-0.2, 0) is 9.53 Å². The van der Waals surface area contributed by atoms with Crippen molar-refractivity contribution in [2.75, 3.05) is 11.9 Å². The first-order valence-corrected chi connectivity index (χ1v) is 10.2. The van der Waals surface area contributed by atoms with Crippen LogP contribution in [0.4, 0.5) is 14.5 Å². The molecule has 2 fully saturated rings. The van der Waals surface area contributed by atoms with Crippen LogP contribution < -0.4 is 15.8 Å². The van der Waals surface area contributed by atoms with Gasteiger partial charge in [0, 0.05) is 11.9 Å². The fourth-order valence-corrected chi connectivity index (χ4v) is 2.96. The molecule has 4 N–H and O–H groups in total. The molecule has 0 spiro atoms. The minimum atomic E-state index is -1.00. The number of benzene rings is 1. The van der Waals surface area contributed by atoms with Gasteiger partial charge >= 0.3 is 0 Å². The first-order chi connectivity index (χ1) is 15.2. The molecule has 0 radical (unpaired) electrons. The van der Waals surface area contributed by atoms with E-state index in [1.165, 1.54) is 24.4 Å². The van der Waals surface area contributed by atoms with Gasteiger partial charge in [0.2, 0.25) is 5.82 Å². The van der Waals surface area contributed by atoms with E-state index >= 15 is 0 Å². The van der Waals surface area contributed by atoms with Crippen LogP contribution in [0.25, 0.3) is 0 Å². The van der Waals surface area contributed by atoms with Crippen LogP contribution in [-0.4, -0.2) is 46.3 Å². The van der Waals surface area contributed by atoms with Gasteiger partial charge < -0.3 is 25.6 Å². The van der Waals surface area contributed by atoms with E-state index < -0.39 is 29.2 Å². The van der Waals surface area contributed by atoms with Crippen molar-refractivity contribution < 1.29 is 33.0 Å². The van der Waals surface area contributed by atoms with Gasteiger partial charge in [-0.25, -0.2) is 4.39 Å². The third kappa shape index (κ3) is 6.44. The molecule has 32 heavy (non-hydrogen) atoms. The highest BCUT2D eigenvalue weighted by molar-refractivity contribution is 5.96. The van der Waals surface area contributed by atoms with Crippen LogP contribution in [0.3, 0.4) is 0 Å². The van der Waals surface area contributed by atoms with Crippen LogP contribution in [0.5, 0.6) is 5.75 Å². The molecule has 10 heteroatoms. The highest BCUT2D eigenvalue weighted by Crippen LogP contribution is 2.35. The van der Waals surface area contributed by atoms with Crippen molar-refractivity contribution in [3.63, 3.8) is 0 Å². The molecule has 1 aliphatic carbocycles. The Labute approximate surface area is 183 Å². The molecule has 2 amide bonds. The molecule has 2 unspecified atom stereocenters. The summed E-state index contributed by atoms with van der Waals surface area (Å²) in [5.41, 5.74) is 4.91. The fraction of sp³-hybridized carbons (Fsp3) is 0.409. The summed E-state index contributed by atoms with van der Waals surface area (Å²) in [6.45, 7) is 1.96. The molecular formula is C22H25F2N3O5. The summed E-state index contributed by atoms with van der Waals surface area (Å²) in [4.78, 5) is 26.6. The average Bonchev–Trinajstić information content (AvgIpc) is 3.33. The quantitative estimate of drug-likeness (QED) is 0.623. The minimum absolute atomic E-state index is 0.0212. The molecular weight excluding hydrogens is 424 g/mol. The zero-order valence-electron chi connectivity index (χ0n) is 17.5. The van der Waals surface area contributed by atoms with E-state index in [2.05, 4.69) is 10.3 Å². The number of carbonyl (C=O) groups is 2. The smallest absolute Gasteiger partial charge is 0.267 e. The van der Waals surface area contributed by atoms with Crippen LogP contribution in [0.2, 0.25) is 0 Å². The summed E-state index contributed by atoms with van der Waals surface area (Å²) >= 11 is 0. The topological polar surface area (TPSA) is 124 Å². The van der Waals surface area contributed by atoms with Gasteiger partial charge in [-0.2, -0.15) is 4.39 Å². The number of nitrogens with two attached hydrogens (primary N) is 1. The Morgan fingerprint density at radius 2 is 2.06 bits per heavy atom. The van der Waals surface area contributed by atoms with Crippen LogP contribution in [0.15, 0.2) is 36.5 Å². The van der Waals surface area contributed by atoms with Crippen LogP contribution in [0.1, 0.15) is 43.1 Å². The number of aliphatic hydroxyl groups is 1. The van der Waals surface area contributed by atoms with E-state index in [1.54, 1.807) is 6.07 Å². The molecule has 8 nitrogen and oxygen atoms in total. The molecule has 2 aromatic rings. The lowest BCUT2D eigenvalue weighted by atomic mass is 10.2. The zero-order chi connectivity index (χ0) is 23.3. The Kier molecular flexibility index (Phi) is 7.37. The number of anilines is 1. The number of amides is 2. The second-order valence-corrected chi connectivity index (χ2v) is 7.86. The number of ether oxygens (including phenoxy) is 2. The monoisotopic (exact) mass is 449 g/mol. The number of pyridine rings is 1. The van der Waals surface area contributed by atoms with Gasteiger partial charge in [-0.3, -0.25) is 14.6 Å². The summed E-state index contributed by atoms with van der Waals surface area (Å²) < 4.78 is 36.1. The summed E-state index contributed by atoms with van der Waals surface area (Å²) in [6, 6.07) is 6.77. The normalized spacial score (nSPS) is 20.6. The number of hydrogen-bond donors (Lipinski definition) is 3. The Morgan fingerprint density at radius 3 is 2.69 bits per heavy atom. The highest BCUT2D eigenvalue weighted by Gasteiger charge is 2.41. The summed E-state index contributed by atoms with van der Waals surface area (Å²) in [7, 11) is 0. The fourth-order valence-electron chi connectivity index (χ4n) is 2.96. The molecule has 2 heterocycles. The number of nitrogens with zero attached hydrogens (tertiary/aromatic N) is 1. The van der Waals surface area contributed by atoms with E-state index in [4.69, 9.17) is 15.2 Å². The predicted octanol–water partition coefficient (Wildman–Crippen LogP) is 2.56. The van der Waals surface area contributed by atoms with Crippen molar-refractivity contribution in [1.82, 2.24) is 4.98 Å². The summed E-state index contributed by atoms with van der Waals surface area (Å²) in [5, 5.41) is 12.1. The lowest BCUT2D eigenvalue weighted by Crippen LogP contribution is -2.28. The molecule has 2 atom stereocenters. The van der Waals surface area contributed by atoms with E-state index in [-0.39, 0.29) is 30.1 Å². The van der Waals surface area contributed by atoms with Crippen molar-refractivity contribution in [2.45, 2.75) is 50.4 Å². The maximum Gasteiger partial charge on any atom is 0.267 e. The van der Waals surface area contributed by atoms with Gasteiger partial charge in [-0.05, 0) is 56.9 Å². The number of aromatic nitrogens is 1. The Balaban J connectivity index is 0.000000186. The van der Waals surface area contributed by atoms with Gasteiger partial charge in [0.1, 0.15) is 18.4 Å². The Bertz CT molecular complexity index is 984. The van der Waals surface area contributed by atoms with Crippen LogP contribution in [0, 0.1) is 11.6 Å². The van der Waals surface area contributed by atoms with Gasteiger partial charge in [-0.15, -0.1) is 0 Å². The second kappa shape index (κ2) is 10.0. The molecule has 172 valence electrons. The lowest BCUT2D eigenvalue weighted by Gasteiger charge is -2.11. The number of halogens is 2. The van der Waals surface area contributed by atoms with Crippen molar-refractivity contribution in [3.05, 3.63) is 53.9 Å². The zero-order valence-corrected chi connectivity index (χ0v) is 17.5. The maximum atomic E-state index is 13.0. The predicted molar refractivity (Wildman–Crippen MR) is 111 cm³/mol. The second-order valence-electron chi connectivity index (χ2n) is 7.86. The van der Waals surface area contributed by atoms with Gasteiger partial charge in [0.15, 0.2) is 11.6 Å². The lowest BCUT2D eigenvalue weighted by molar-refractivity contribution is -0.126. The van der Waals surface area contributed by atoms with Crippen molar-refractivity contribution >= 4 is 17.5 Å². The summed E-state index contributed by atoms with van der Waals surface area (Å²) in [5.74, 6) is -2.93. The summed E-state index contributed by atoms with van der Waals surface area (Å²) in [6.07, 6.45) is 4.01. The number of hydrogen-bond acceptors (Lipinski definition) is 6. The maximum absolute atomic E-state index is 13.0. The molecule has 2 aliphatic rings. The van der Waals surface area contributed by atoms with E-state index in [9.17, 15) is 23.5 Å². The Hall–Kier alpha value is -3.11. The van der Waals surface area contributed by atoms with Gasteiger partial charge in [-0.1, -0.05) is 6.07 Å². The van der Waals surface area contributed by atoms with Crippen LogP contribution >= 0.6 is 0 Å². The molecule has 1 aromatic carbocycles. The van der Waals surface area contributed by atoms with Crippen molar-refractivity contribution in [2.24, 2.45) is 5.73 Å². The SMILES string of the molecule is CC1CCC(C(=O)Nc2ccnc(C(N)=O)c2)O1.OC1(COc2cccc(F)c2F)CC1.